The number of rotatable bonds is 5. The Labute approximate surface area is 157 Å². The second-order valence-electron chi connectivity index (χ2n) is 6.68. The summed E-state index contributed by atoms with van der Waals surface area (Å²) in [6.45, 7) is 7.22. The Hall–Kier alpha value is -2.71. The van der Waals surface area contributed by atoms with Crippen LogP contribution in [-0.2, 0) is 4.74 Å². The first-order valence-corrected chi connectivity index (χ1v) is 9.09. The minimum atomic E-state index is -0.168. The molecule has 0 bridgehead atoms. The molecule has 0 spiro atoms. The summed E-state index contributed by atoms with van der Waals surface area (Å²) in [4.78, 5) is 19.4. The van der Waals surface area contributed by atoms with Crippen molar-refractivity contribution in [1.82, 2.24) is 24.8 Å². The van der Waals surface area contributed by atoms with Gasteiger partial charge in [0.25, 0.3) is 5.91 Å². The summed E-state index contributed by atoms with van der Waals surface area (Å²) in [6.07, 6.45) is 3.27. The molecule has 0 saturated carbocycles. The fourth-order valence-corrected chi connectivity index (χ4v) is 3.43. The zero-order valence-corrected chi connectivity index (χ0v) is 15.5. The molecule has 1 aliphatic heterocycles. The third-order valence-corrected chi connectivity index (χ3v) is 4.93. The molecule has 4 heterocycles. The number of fused-ring (bicyclic) bond motifs is 1. The van der Waals surface area contributed by atoms with E-state index in [0.717, 1.165) is 36.0 Å². The van der Waals surface area contributed by atoms with Gasteiger partial charge >= 0.3 is 0 Å². The van der Waals surface area contributed by atoms with E-state index in [1.807, 2.05) is 32.0 Å². The van der Waals surface area contributed by atoms with Crippen LogP contribution in [0.15, 0.2) is 35.0 Å². The number of morpholine rings is 1. The van der Waals surface area contributed by atoms with Crippen LogP contribution in [0.4, 0.5) is 0 Å². The molecule has 0 aliphatic carbocycles. The van der Waals surface area contributed by atoms with Gasteiger partial charge in [0.15, 0.2) is 5.65 Å². The minimum Gasteiger partial charge on any atom is -0.465 e. The smallest absolute Gasteiger partial charge is 0.254 e. The molecule has 1 fully saturated rings. The molecular weight excluding hydrogens is 346 g/mol. The van der Waals surface area contributed by atoms with Gasteiger partial charge in [0.05, 0.1) is 36.7 Å². The maximum Gasteiger partial charge on any atom is 0.254 e. The SMILES string of the molecule is Cc1ccc([C@@H](CNC(=O)c2cnc3ccnn3c2C)N2CCOCC2)o1. The standard InChI is InChI=1S/C19H23N5O3/c1-13-3-4-17(27-13)16(23-7-9-26-10-8-23)12-21-19(25)15-11-20-18-5-6-22-24(18)14(15)2/h3-6,11,16H,7-10,12H2,1-2H3,(H,21,25)/t16-/m1/s1. The van der Waals surface area contributed by atoms with Crippen LogP contribution >= 0.6 is 0 Å². The molecule has 8 heteroatoms. The maximum atomic E-state index is 12.8. The number of aromatic nitrogens is 3. The summed E-state index contributed by atoms with van der Waals surface area (Å²) in [5.41, 5.74) is 2.00. The Balaban J connectivity index is 1.52. The van der Waals surface area contributed by atoms with Gasteiger partial charge in [0.2, 0.25) is 0 Å². The lowest BCUT2D eigenvalue weighted by Gasteiger charge is -2.33. The third kappa shape index (κ3) is 3.58. The molecule has 27 heavy (non-hydrogen) atoms. The van der Waals surface area contributed by atoms with Crippen molar-refractivity contribution in [2.24, 2.45) is 0 Å². The van der Waals surface area contributed by atoms with Crippen LogP contribution in [0.5, 0.6) is 0 Å². The molecule has 1 saturated heterocycles. The van der Waals surface area contributed by atoms with Gasteiger partial charge in [-0.25, -0.2) is 9.50 Å². The summed E-state index contributed by atoms with van der Waals surface area (Å²) in [6, 6.07) is 5.70. The lowest BCUT2D eigenvalue weighted by molar-refractivity contribution is 0.0117. The number of carbonyl (C=O) groups excluding carboxylic acids is 1. The number of nitrogens with one attached hydrogen (secondary N) is 1. The van der Waals surface area contributed by atoms with E-state index in [4.69, 9.17) is 9.15 Å². The zero-order valence-electron chi connectivity index (χ0n) is 15.5. The van der Waals surface area contributed by atoms with E-state index >= 15 is 0 Å². The maximum absolute atomic E-state index is 12.8. The van der Waals surface area contributed by atoms with E-state index in [1.54, 1.807) is 16.9 Å². The van der Waals surface area contributed by atoms with Gasteiger partial charge in [-0.1, -0.05) is 0 Å². The van der Waals surface area contributed by atoms with Gasteiger partial charge < -0.3 is 14.5 Å². The van der Waals surface area contributed by atoms with Crippen LogP contribution in [0.2, 0.25) is 0 Å². The third-order valence-electron chi connectivity index (χ3n) is 4.93. The van der Waals surface area contributed by atoms with Crippen molar-refractivity contribution >= 4 is 11.6 Å². The van der Waals surface area contributed by atoms with Gasteiger partial charge in [-0.3, -0.25) is 9.69 Å². The molecule has 1 atom stereocenters. The number of nitrogens with zero attached hydrogens (tertiary/aromatic N) is 4. The van der Waals surface area contributed by atoms with E-state index in [2.05, 4.69) is 20.3 Å². The molecule has 0 aromatic carbocycles. The van der Waals surface area contributed by atoms with Gasteiger partial charge in [0, 0.05) is 31.9 Å². The minimum absolute atomic E-state index is 0.0340. The number of furan rings is 1. The summed E-state index contributed by atoms with van der Waals surface area (Å²) < 4.78 is 13.0. The Kier molecular flexibility index (Phi) is 4.91. The quantitative estimate of drug-likeness (QED) is 0.737. The predicted molar refractivity (Wildman–Crippen MR) is 98.6 cm³/mol. The number of ether oxygens (including phenoxy) is 1. The van der Waals surface area contributed by atoms with Gasteiger partial charge in [-0.15, -0.1) is 0 Å². The van der Waals surface area contributed by atoms with Crippen molar-refractivity contribution in [1.29, 1.82) is 0 Å². The molecule has 0 radical (unpaired) electrons. The van der Waals surface area contributed by atoms with E-state index < -0.39 is 0 Å². The first-order valence-electron chi connectivity index (χ1n) is 9.09. The first kappa shape index (κ1) is 17.7. The number of amides is 1. The monoisotopic (exact) mass is 369 g/mol. The molecule has 0 unspecified atom stereocenters. The van der Waals surface area contributed by atoms with Crippen molar-refractivity contribution in [2.75, 3.05) is 32.8 Å². The summed E-state index contributed by atoms with van der Waals surface area (Å²) >= 11 is 0. The Morgan fingerprint density at radius 1 is 1.26 bits per heavy atom. The van der Waals surface area contributed by atoms with Crippen molar-refractivity contribution in [2.45, 2.75) is 19.9 Å². The topological polar surface area (TPSA) is 84.9 Å². The van der Waals surface area contributed by atoms with Gasteiger partial charge in [-0.05, 0) is 26.0 Å². The molecule has 3 aromatic heterocycles. The Morgan fingerprint density at radius 2 is 2.07 bits per heavy atom. The van der Waals surface area contributed by atoms with Crippen LogP contribution in [0.25, 0.3) is 5.65 Å². The number of hydrogen-bond donors (Lipinski definition) is 1. The predicted octanol–water partition coefficient (Wildman–Crippen LogP) is 1.74. The highest BCUT2D eigenvalue weighted by Crippen LogP contribution is 2.23. The van der Waals surface area contributed by atoms with Crippen LogP contribution in [0.3, 0.4) is 0 Å². The van der Waals surface area contributed by atoms with Crippen molar-refractivity contribution < 1.29 is 13.9 Å². The Bertz CT molecular complexity index is 942. The van der Waals surface area contributed by atoms with Crippen LogP contribution in [0.1, 0.15) is 33.6 Å². The number of hydrogen-bond acceptors (Lipinski definition) is 6. The molecular formula is C19H23N5O3. The molecule has 3 aromatic rings. The van der Waals surface area contributed by atoms with Crippen molar-refractivity contribution in [3.8, 4) is 0 Å². The summed E-state index contributed by atoms with van der Waals surface area (Å²) in [5.74, 6) is 1.55. The van der Waals surface area contributed by atoms with Crippen LogP contribution in [0, 0.1) is 13.8 Å². The van der Waals surface area contributed by atoms with E-state index in [-0.39, 0.29) is 11.9 Å². The first-order chi connectivity index (χ1) is 13.1. The summed E-state index contributed by atoms with van der Waals surface area (Å²) in [7, 11) is 0. The average molecular weight is 369 g/mol. The molecule has 1 N–H and O–H groups in total. The second-order valence-corrected chi connectivity index (χ2v) is 6.68. The van der Waals surface area contributed by atoms with Crippen LogP contribution in [-0.4, -0.2) is 58.3 Å². The normalized spacial score (nSPS) is 16.5. The molecule has 1 amide bonds. The number of carbonyl (C=O) groups is 1. The van der Waals surface area contributed by atoms with E-state index in [0.29, 0.717) is 25.3 Å². The van der Waals surface area contributed by atoms with Crippen LogP contribution < -0.4 is 5.32 Å². The lowest BCUT2D eigenvalue weighted by atomic mass is 10.1. The highest BCUT2D eigenvalue weighted by Gasteiger charge is 2.26. The van der Waals surface area contributed by atoms with Gasteiger partial charge in [-0.2, -0.15) is 5.10 Å². The highest BCUT2D eigenvalue weighted by atomic mass is 16.5. The fraction of sp³-hybridized carbons (Fsp3) is 0.421. The molecule has 1 aliphatic rings. The largest absolute Gasteiger partial charge is 0.465 e. The average Bonchev–Trinajstić information content (AvgIpc) is 3.32. The highest BCUT2D eigenvalue weighted by molar-refractivity contribution is 5.95. The van der Waals surface area contributed by atoms with Crippen molar-refractivity contribution in [3.63, 3.8) is 0 Å². The second kappa shape index (κ2) is 7.50. The number of aryl methyl sites for hydroxylation is 2. The lowest BCUT2D eigenvalue weighted by Crippen LogP contribution is -2.43. The molecule has 142 valence electrons. The van der Waals surface area contributed by atoms with Crippen molar-refractivity contribution in [3.05, 3.63) is 53.4 Å². The zero-order chi connectivity index (χ0) is 18.8. The fourth-order valence-electron chi connectivity index (χ4n) is 3.43. The summed E-state index contributed by atoms with van der Waals surface area (Å²) in [5, 5.41) is 7.26. The van der Waals surface area contributed by atoms with E-state index in [9.17, 15) is 4.79 Å². The van der Waals surface area contributed by atoms with E-state index in [1.165, 1.54) is 0 Å². The molecule has 8 nitrogen and oxygen atoms in total. The van der Waals surface area contributed by atoms with Gasteiger partial charge in [0.1, 0.15) is 11.5 Å². The molecule has 4 rings (SSSR count). The Morgan fingerprint density at radius 3 is 2.81 bits per heavy atom.